The van der Waals surface area contributed by atoms with Gasteiger partial charge in [-0.2, -0.15) is 0 Å². The number of nitrogens with one attached hydrogen (secondary N) is 2. The standard InChI is InChI=1S/C24H24N4O3/c29-22-14-26-24(31)28(22)15-17-5-1-2-6-18(17)23(30)27-11-9-16(10-12-27)20-13-25-21-8-4-3-7-19(20)21/h1-8,13,16,25H,9-12,14-15H2,(H,26,31). The van der Waals surface area contributed by atoms with E-state index in [0.29, 0.717) is 30.1 Å². The zero-order valence-corrected chi connectivity index (χ0v) is 17.1. The van der Waals surface area contributed by atoms with Gasteiger partial charge in [0.15, 0.2) is 0 Å². The average molecular weight is 416 g/mol. The molecule has 0 bridgehead atoms. The lowest BCUT2D eigenvalue weighted by Crippen LogP contribution is -2.39. The first-order valence-electron chi connectivity index (χ1n) is 10.6. The lowest BCUT2D eigenvalue weighted by molar-refractivity contribution is -0.125. The molecule has 0 aliphatic carbocycles. The molecule has 2 aromatic carbocycles. The van der Waals surface area contributed by atoms with Crippen molar-refractivity contribution in [3.63, 3.8) is 0 Å². The molecule has 2 fully saturated rings. The minimum Gasteiger partial charge on any atom is -0.361 e. The van der Waals surface area contributed by atoms with Crippen LogP contribution in [0, 0.1) is 0 Å². The quantitative estimate of drug-likeness (QED) is 0.641. The van der Waals surface area contributed by atoms with Crippen molar-refractivity contribution in [2.75, 3.05) is 19.6 Å². The lowest BCUT2D eigenvalue weighted by Gasteiger charge is -2.32. The van der Waals surface area contributed by atoms with Crippen LogP contribution in [0.4, 0.5) is 4.79 Å². The summed E-state index contributed by atoms with van der Waals surface area (Å²) < 4.78 is 0. The predicted molar refractivity (Wildman–Crippen MR) is 117 cm³/mol. The zero-order valence-electron chi connectivity index (χ0n) is 17.1. The Hall–Kier alpha value is -3.61. The highest BCUT2D eigenvalue weighted by molar-refractivity contribution is 6.02. The predicted octanol–water partition coefficient (Wildman–Crippen LogP) is 3.24. The number of imide groups is 1. The molecular weight excluding hydrogens is 392 g/mol. The molecule has 2 N–H and O–H groups in total. The van der Waals surface area contributed by atoms with Crippen molar-refractivity contribution >= 4 is 28.7 Å². The number of para-hydroxylation sites is 1. The Balaban J connectivity index is 1.30. The van der Waals surface area contributed by atoms with Crippen molar-refractivity contribution in [1.82, 2.24) is 20.1 Å². The minimum absolute atomic E-state index is 0.0102. The van der Waals surface area contributed by atoms with Crippen LogP contribution in [0.1, 0.15) is 40.2 Å². The van der Waals surface area contributed by atoms with Crippen molar-refractivity contribution in [3.8, 4) is 0 Å². The maximum Gasteiger partial charge on any atom is 0.324 e. The molecule has 4 amide bonds. The molecule has 0 saturated carbocycles. The zero-order chi connectivity index (χ0) is 21.4. The normalized spacial score (nSPS) is 17.4. The number of urea groups is 1. The summed E-state index contributed by atoms with van der Waals surface area (Å²) in [4.78, 5) is 43.5. The second-order valence-electron chi connectivity index (χ2n) is 8.15. The van der Waals surface area contributed by atoms with Crippen molar-refractivity contribution in [1.29, 1.82) is 0 Å². The highest BCUT2D eigenvalue weighted by Crippen LogP contribution is 2.33. The number of nitrogens with zero attached hydrogens (tertiary/aromatic N) is 2. The number of aromatic nitrogens is 1. The van der Waals surface area contributed by atoms with Crippen LogP contribution >= 0.6 is 0 Å². The number of piperidine rings is 1. The molecule has 2 aliphatic rings. The van der Waals surface area contributed by atoms with Crippen LogP contribution in [0.2, 0.25) is 0 Å². The van der Waals surface area contributed by atoms with Crippen LogP contribution in [-0.2, 0) is 11.3 Å². The number of carbonyl (C=O) groups is 3. The van der Waals surface area contributed by atoms with Crippen molar-refractivity contribution in [2.45, 2.75) is 25.3 Å². The first kappa shape index (κ1) is 19.4. The molecule has 3 heterocycles. The maximum atomic E-state index is 13.3. The van der Waals surface area contributed by atoms with E-state index in [1.165, 1.54) is 10.9 Å². The monoisotopic (exact) mass is 416 g/mol. The molecular formula is C24H24N4O3. The van der Waals surface area contributed by atoms with Gasteiger partial charge in [-0.1, -0.05) is 36.4 Å². The molecule has 0 radical (unpaired) electrons. The molecule has 7 heteroatoms. The van der Waals surface area contributed by atoms with Crippen LogP contribution in [0.3, 0.4) is 0 Å². The Kier molecular flexibility index (Phi) is 4.94. The summed E-state index contributed by atoms with van der Waals surface area (Å²) in [7, 11) is 0. The largest absolute Gasteiger partial charge is 0.361 e. The first-order valence-corrected chi connectivity index (χ1v) is 10.6. The van der Waals surface area contributed by atoms with E-state index in [-0.39, 0.29) is 24.9 Å². The van der Waals surface area contributed by atoms with Gasteiger partial charge in [0.05, 0.1) is 13.1 Å². The number of carbonyl (C=O) groups excluding carboxylic acids is 3. The molecule has 158 valence electrons. The van der Waals surface area contributed by atoms with Crippen LogP contribution in [-0.4, -0.2) is 52.3 Å². The van der Waals surface area contributed by atoms with E-state index >= 15 is 0 Å². The fraction of sp³-hybridized carbons (Fsp3) is 0.292. The van der Waals surface area contributed by atoms with Crippen LogP contribution in [0.5, 0.6) is 0 Å². The van der Waals surface area contributed by atoms with E-state index in [0.717, 1.165) is 23.3 Å². The topological polar surface area (TPSA) is 85.5 Å². The van der Waals surface area contributed by atoms with Gasteiger partial charge in [0, 0.05) is 35.8 Å². The van der Waals surface area contributed by atoms with E-state index in [4.69, 9.17) is 0 Å². The van der Waals surface area contributed by atoms with Crippen molar-refractivity contribution < 1.29 is 14.4 Å². The summed E-state index contributed by atoms with van der Waals surface area (Å²) in [6.07, 6.45) is 3.91. The number of aromatic amines is 1. The van der Waals surface area contributed by atoms with Crippen LogP contribution < -0.4 is 5.32 Å². The summed E-state index contributed by atoms with van der Waals surface area (Å²) in [5.74, 6) is 0.105. The third-order valence-electron chi connectivity index (χ3n) is 6.36. The van der Waals surface area contributed by atoms with E-state index in [2.05, 4.69) is 34.7 Å². The third-order valence-corrected chi connectivity index (χ3v) is 6.36. The summed E-state index contributed by atoms with van der Waals surface area (Å²) in [6, 6.07) is 15.1. The van der Waals surface area contributed by atoms with Crippen molar-refractivity contribution in [3.05, 3.63) is 71.4 Å². The number of likely N-dealkylation sites (tertiary alicyclic amines) is 1. The summed E-state index contributed by atoms with van der Waals surface area (Å²) in [5, 5.41) is 3.78. The SMILES string of the molecule is O=C(c1ccccc1CN1C(=O)CNC1=O)N1CCC(c2c[nH]c3ccccc23)CC1. The smallest absolute Gasteiger partial charge is 0.324 e. The molecule has 1 aromatic heterocycles. The Morgan fingerprint density at radius 3 is 2.52 bits per heavy atom. The van der Waals surface area contributed by atoms with Crippen LogP contribution in [0.25, 0.3) is 10.9 Å². The number of hydrogen-bond acceptors (Lipinski definition) is 3. The minimum atomic E-state index is -0.410. The van der Waals surface area contributed by atoms with Gasteiger partial charge in [0.25, 0.3) is 5.91 Å². The number of H-pyrrole nitrogens is 1. The van der Waals surface area contributed by atoms with Gasteiger partial charge in [-0.3, -0.25) is 14.5 Å². The van der Waals surface area contributed by atoms with Gasteiger partial charge in [0.1, 0.15) is 0 Å². The molecule has 31 heavy (non-hydrogen) atoms. The van der Waals surface area contributed by atoms with E-state index < -0.39 is 6.03 Å². The Labute approximate surface area is 180 Å². The Bertz CT molecular complexity index is 1140. The van der Waals surface area contributed by atoms with Crippen LogP contribution in [0.15, 0.2) is 54.7 Å². The van der Waals surface area contributed by atoms with Gasteiger partial charge in [-0.05, 0) is 42.0 Å². The van der Waals surface area contributed by atoms with E-state index in [9.17, 15) is 14.4 Å². The molecule has 0 atom stereocenters. The summed E-state index contributed by atoms with van der Waals surface area (Å²) >= 11 is 0. The molecule has 5 rings (SSSR count). The molecule has 2 aliphatic heterocycles. The Morgan fingerprint density at radius 1 is 1.00 bits per heavy atom. The van der Waals surface area contributed by atoms with Gasteiger partial charge in [-0.15, -0.1) is 0 Å². The number of fused-ring (bicyclic) bond motifs is 1. The second kappa shape index (κ2) is 7.91. The Morgan fingerprint density at radius 2 is 1.74 bits per heavy atom. The second-order valence-corrected chi connectivity index (χ2v) is 8.15. The van der Waals surface area contributed by atoms with Gasteiger partial charge in [0.2, 0.25) is 5.91 Å². The molecule has 0 unspecified atom stereocenters. The molecule has 2 saturated heterocycles. The highest BCUT2D eigenvalue weighted by Gasteiger charge is 2.31. The maximum absolute atomic E-state index is 13.3. The number of benzene rings is 2. The van der Waals surface area contributed by atoms with Gasteiger partial charge >= 0.3 is 6.03 Å². The molecule has 7 nitrogen and oxygen atoms in total. The number of amides is 4. The third kappa shape index (κ3) is 3.56. The average Bonchev–Trinajstić information content (AvgIpc) is 3.38. The number of hydrogen-bond donors (Lipinski definition) is 2. The number of rotatable bonds is 4. The van der Waals surface area contributed by atoms with Crippen molar-refractivity contribution in [2.24, 2.45) is 0 Å². The van der Waals surface area contributed by atoms with Gasteiger partial charge in [-0.25, -0.2) is 4.79 Å². The molecule has 3 aromatic rings. The van der Waals surface area contributed by atoms with Gasteiger partial charge < -0.3 is 15.2 Å². The molecule has 0 spiro atoms. The first-order chi connectivity index (χ1) is 15.1. The lowest BCUT2D eigenvalue weighted by atomic mass is 9.89. The fourth-order valence-corrected chi connectivity index (χ4v) is 4.65. The van der Waals surface area contributed by atoms with E-state index in [1.807, 2.05) is 29.2 Å². The van der Waals surface area contributed by atoms with E-state index in [1.54, 1.807) is 6.07 Å². The summed E-state index contributed by atoms with van der Waals surface area (Å²) in [5.41, 5.74) is 3.71. The summed E-state index contributed by atoms with van der Waals surface area (Å²) in [6.45, 7) is 1.48. The fourth-order valence-electron chi connectivity index (χ4n) is 4.65. The highest BCUT2D eigenvalue weighted by atomic mass is 16.2.